The highest BCUT2D eigenvalue weighted by atomic mass is 16.5. The van der Waals surface area contributed by atoms with Crippen molar-refractivity contribution in [1.29, 1.82) is 0 Å². The lowest BCUT2D eigenvalue weighted by molar-refractivity contribution is 0.0322. The summed E-state index contributed by atoms with van der Waals surface area (Å²) >= 11 is 0. The minimum Gasteiger partial charge on any atom is -0.492 e. The third kappa shape index (κ3) is 5.75. The maximum absolute atomic E-state index is 5.98. The predicted octanol–water partition coefficient (Wildman–Crippen LogP) is 2.32. The molecule has 6 heteroatoms. The summed E-state index contributed by atoms with van der Waals surface area (Å²) in [4.78, 5) is 6.78. The molecule has 0 bridgehead atoms. The summed E-state index contributed by atoms with van der Waals surface area (Å²) in [6.07, 6.45) is 0. The van der Waals surface area contributed by atoms with Crippen molar-refractivity contribution in [2.45, 2.75) is 6.54 Å². The summed E-state index contributed by atoms with van der Waals surface area (Å²) in [5.74, 6) is 1.25. The normalized spacial score (nSPS) is 15.6. The van der Waals surface area contributed by atoms with Crippen LogP contribution in [0.4, 0.5) is 5.69 Å². The quantitative estimate of drug-likeness (QED) is 0.590. The Hall–Kier alpha value is -2.57. The number of rotatable bonds is 7. The van der Waals surface area contributed by atoms with E-state index in [0.717, 1.165) is 49.8 Å². The molecule has 0 radical (unpaired) electrons. The van der Waals surface area contributed by atoms with Crippen molar-refractivity contribution < 1.29 is 9.47 Å². The van der Waals surface area contributed by atoms with E-state index in [2.05, 4.69) is 15.2 Å². The molecule has 1 fully saturated rings. The van der Waals surface area contributed by atoms with E-state index in [9.17, 15) is 0 Å². The summed E-state index contributed by atoms with van der Waals surface area (Å²) < 4.78 is 11.3. The van der Waals surface area contributed by atoms with Crippen LogP contribution in [0, 0.1) is 0 Å². The minimum atomic E-state index is 0.388. The summed E-state index contributed by atoms with van der Waals surface area (Å²) in [5, 5.41) is 3.09. The number of nitrogens with zero attached hydrogens (tertiary/aromatic N) is 2. The number of hydrogen-bond acceptors (Lipinski definition) is 4. The highest BCUT2D eigenvalue weighted by Gasteiger charge is 2.10. The molecule has 0 spiro atoms. The standard InChI is InChI=1S/C20H26N4O2/c21-20(23-18-7-2-1-3-8-18)22-16-17-6-4-5-9-19(17)26-15-12-24-10-13-25-14-11-24/h1-9H,10-16H2,(H3,21,22,23). The van der Waals surface area contributed by atoms with Gasteiger partial charge >= 0.3 is 0 Å². The van der Waals surface area contributed by atoms with Crippen molar-refractivity contribution in [3.05, 3.63) is 60.2 Å². The van der Waals surface area contributed by atoms with Gasteiger partial charge in [-0.2, -0.15) is 0 Å². The fourth-order valence-corrected chi connectivity index (χ4v) is 2.76. The van der Waals surface area contributed by atoms with Crippen LogP contribution in [0.5, 0.6) is 5.75 Å². The maximum atomic E-state index is 5.98. The Balaban J connectivity index is 1.52. The summed E-state index contributed by atoms with van der Waals surface area (Å²) in [5.41, 5.74) is 7.92. The number of nitrogens with two attached hydrogens (primary N) is 1. The van der Waals surface area contributed by atoms with Gasteiger partial charge < -0.3 is 20.5 Å². The Kier molecular flexibility index (Phi) is 6.87. The van der Waals surface area contributed by atoms with Crippen molar-refractivity contribution in [2.75, 3.05) is 44.8 Å². The van der Waals surface area contributed by atoms with Gasteiger partial charge in [0.05, 0.1) is 19.8 Å². The molecule has 1 aliphatic rings. The lowest BCUT2D eigenvalue weighted by Crippen LogP contribution is -2.38. The van der Waals surface area contributed by atoms with Crippen LogP contribution in [0.1, 0.15) is 5.56 Å². The first-order valence-corrected chi connectivity index (χ1v) is 8.94. The molecule has 0 unspecified atom stereocenters. The number of anilines is 1. The van der Waals surface area contributed by atoms with E-state index >= 15 is 0 Å². The number of ether oxygens (including phenoxy) is 2. The van der Waals surface area contributed by atoms with Crippen LogP contribution in [0.3, 0.4) is 0 Å². The third-order valence-corrected chi connectivity index (χ3v) is 4.21. The Morgan fingerprint density at radius 2 is 1.81 bits per heavy atom. The number of guanidine groups is 1. The molecule has 3 rings (SSSR count). The van der Waals surface area contributed by atoms with Crippen LogP contribution in [0.15, 0.2) is 59.6 Å². The highest BCUT2D eigenvalue weighted by molar-refractivity contribution is 5.92. The number of nitrogens with one attached hydrogen (secondary N) is 1. The van der Waals surface area contributed by atoms with Gasteiger partial charge in [0, 0.05) is 30.9 Å². The molecular weight excluding hydrogens is 328 g/mol. The van der Waals surface area contributed by atoms with Gasteiger partial charge in [0.1, 0.15) is 12.4 Å². The van der Waals surface area contributed by atoms with E-state index in [1.165, 1.54) is 0 Å². The SMILES string of the molecule is NC(=NCc1ccccc1OCCN1CCOCC1)Nc1ccccc1. The van der Waals surface area contributed by atoms with Crippen molar-refractivity contribution in [3.8, 4) is 5.75 Å². The van der Waals surface area contributed by atoms with Gasteiger partial charge in [0.15, 0.2) is 5.96 Å². The lowest BCUT2D eigenvalue weighted by Gasteiger charge is -2.26. The highest BCUT2D eigenvalue weighted by Crippen LogP contribution is 2.19. The summed E-state index contributed by atoms with van der Waals surface area (Å²) in [6.45, 7) is 5.57. The van der Waals surface area contributed by atoms with Crippen molar-refractivity contribution in [3.63, 3.8) is 0 Å². The lowest BCUT2D eigenvalue weighted by atomic mass is 10.2. The van der Waals surface area contributed by atoms with Gasteiger partial charge in [-0.3, -0.25) is 4.90 Å². The van der Waals surface area contributed by atoms with Gasteiger partial charge in [-0.05, 0) is 18.2 Å². The molecule has 0 atom stereocenters. The first-order valence-electron chi connectivity index (χ1n) is 8.94. The fraction of sp³-hybridized carbons (Fsp3) is 0.350. The summed E-state index contributed by atoms with van der Waals surface area (Å²) in [6, 6.07) is 17.7. The molecule has 0 aromatic heterocycles. The first-order chi connectivity index (χ1) is 12.8. The van der Waals surface area contributed by atoms with Gasteiger partial charge in [0.2, 0.25) is 0 Å². The molecule has 2 aromatic rings. The van der Waals surface area contributed by atoms with Crippen molar-refractivity contribution in [1.82, 2.24) is 4.90 Å². The maximum Gasteiger partial charge on any atom is 0.193 e. The first kappa shape index (κ1) is 18.2. The van der Waals surface area contributed by atoms with Crippen LogP contribution < -0.4 is 15.8 Å². The number of aliphatic imine (C=N–C) groups is 1. The number of morpholine rings is 1. The third-order valence-electron chi connectivity index (χ3n) is 4.21. The van der Waals surface area contributed by atoms with Crippen LogP contribution in [-0.4, -0.2) is 50.3 Å². The average molecular weight is 354 g/mol. The predicted molar refractivity (Wildman–Crippen MR) is 105 cm³/mol. The number of benzene rings is 2. The minimum absolute atomic E-state index is 0.388. The molecular formula is C20H26N4O2. The Morgan fingerprint density at radius 1 is 1.08 bits per heavy atom. The summed E-state index contributed by atoms with van der Waals surface area (Å²) in [7, 11) is 0. The average Bonchev–Trinajstić information content (AvgIpc) is 2.69. The van der Waals surface area contributed by atoms with E-state index in [1.807, 2.05) is 54.6 Å². The Morgan fingerprint density at radius 3 is 2.62 bits per heavy atom. The molecule has 138 valence electrons. The molecule has 3 N–H and O–H groups in total. The molecule has 1 heterocycles. The molecule has 6 nitrogen and oxygen atoms in total. The molecule has 0 aliphatic carbocycles. The second kappa shape index (κ2) is 9.79. The van der Waals surface area contributed by atoms with E-state index < -0.39 is 0 Å². The zero-order valence-electron chi connectivity index (χ0n) is 14.9. The largest absolute Gasteiger partial charge is 0.492 e. The van der Waals surface area contributed by atoms with Crippen LogP contribution in [-0.2, 0) is 11.3 Å². The molecule has 0 saturated carbocycles. The molecule has 1 aliphatic heterocycles. The van der Waals surface area contributed by atoms with Crippen LogP contribution >= 0.6 is 0 Å². The number of hydrogen-bond donors (Lipinski definition) is 2. The zero-order chi connectivity index (χ0) is 18.0. The zero-order valence-corrected chi connectivity index (χ0v) is 14.9. The Bertz CT molecular complexity index is 700. The van der Waals surface area contributed by atoms with Crippen molar-refractivity contribution >= 4 is 11.6 Å². The van der Waals surface area contributed by atoms with E-state index in [0.29, 0.717) is 19.1 Å². The van der Waals surface area contributed by atoms with Gasteiger partial charge in [-0.15, -0.1) is 0 Å². The van der Waals surface area contributed by atoms with Gasteiger partial charge in [-0.1, -0.05) is 36.4 Å². The smallest absolute Gasteiger partial charge is 0.193 e. The van der Waals surface area contributed by atoms with E-state index in [-0.39, 0.29) is 0 Å². The molecule has 2 aromatic carbocycles. The van der Waals surface area contributed by atoms with Crippen LogP contribution in [0.2, 0.25) is 0 Å². The second-order valence-corrected chi connectivity index (χ2v) is 6.10. The van der Waals surface area contributed by atoms with Gasteiger partial charge in [-0.25, -0.2) is 4.99 Å². The van der Waals surface area contributed by atoms with Crippen LogP contribution in [0.25, 0.3) is 0 Å². The van der Waals surface area contributed by atoms with E-state index in [4.69, 9.17) is 15.2 Å². The molecule has 0 amide bonds. The second-order valence-electron chi connectivity index (χ2n) is 6.10. The van der Waals surface area contributed by atoms with Crippen molar-refractivity contribution in [2.24, 2.45) is 10.7 Å². The van der Waals surface area contributed by atoms with Gasteiger partial charge in [0.25, 0.3) is 0 Å². The topological polar surface area (TPSA) is 72.1 Å². The number of para-hydroxylation sites is 2. The van der Waals surface area contributed by atoms with E-state index in [1.54, 1.807) is 0 Å². The molecule has 26 heavy (non-hydrogen) atoms. The monoisotopic (exact) mass is 354 g/mol. The Labute approximate surface area is 154 Å². The molecule has 1 saturated heterocycles. The fourth-order valence-electron chi connectivity index (χ4n) is 2.76.